The molecule has 1 saturated heterocycles. The maximum atomic E-state index is 13.2. The van der Waals surface area contributed by atoms with Gasteiger partial charge in [-0.3, -0.25) is 0 Å². The second-order valence-electron chi connectivity index (χ2n) is 8.31. The Morgan fingerprint density at radius 2 is 1.91 bits per heavy atom. The highest BCUT2D eigenvalue weighted by Gasteiger charge is 2.53. The molecule has 1 aliphatic carbocycles. The fourth-order valence-corrected chi connectivity index (χ4v) is 7.41. The van der Waals surface area contributed by atoms with E-state index >= 15 is 0 Å². The van der Waals surface area contributed by atoms with Gasteiger partial charge in [-0.05, 0) is 42.6 Å². The molecule has 0 spiro atoms. The lowest BCUT2D eigenvalue weighted by Crippen LogP contribution is -2.37. The van der Waals surface area contributed by atoms with Crippen LogP contribution in [-0.4, -0.2) is 29.9 Å². The number of hydrogen-bond acceptors (Lipinski definition) is 2. The lowest BCUT2D eigenvalue weighted by Gasteiger charge is -2.39. The molecule has 2 fully saturated rings. The summed E-state index contributed by atoms with van der Waals surface area (Å²) >= 11 is 6.27. The van der Waals surface area contributed by atoms with Gasteiger partial charge in [-0.1, -0.05) is 32.4 Å². The number of halogens is 1. The molecular weight excluding hydrogens is 320 g/mol. The van der Waals surface area contributed by atoms with Crippen LogP contribution in [0.4, 0.5) is 0 Å². The molecule has 2 aliphatic rings. The second-order valence-corrected chi connectivity index (χ2v) is 10.5. The molecule has 1 aromatic rings. The lowest BCUT2D eigenvalue weighted by atomic mass is 9.65. The van der Waals surface area contributed by atoms with E-state index in [2.05, 4.69) is 20.8 Å². The van der Waals surface area contributed by atoms with Crippen molar-refractivity contribution in [2.75, 3.05) is 6.54 Å². The number of sulfonamides is 1. The van der Waals surface area contributed by atoms with Gasteiger partial charge in [0.05, 0.1) is 0 Å². The van der Waals surface area contributed by atoms with E-state index in [4.69, 9.17) is 11.6 Å². The summed E-state index contributed by atoms with van der Waals surface area (Å²) in [5.41, 5.74) is 0.991. The highest BCUT2D eigenvalue weighted by molar-refractivity contribution is 7.89. The summed E-state index contributed by atoms with van der Waals surface area (Å²) in [4.78, 5) is 0.283. The van der Waals surface area contributed by atoms with Crippen LogP contribution in [0.5, 0.6) is 0 Å². The molecule has 124 valence electrons. The van der Waals surface area contributed by atoms with Gasteiger partial charge in [0.25, 0.3) is 0 Å². The SMILES string of the molecule is Cc1cn(C)c(Cl)c1S(=O)(=O)N1CC2(C)CC1CC(C)(C)C2. The van der Waals surface area contributed by atoms with E-state index < -0.39 is 10.0 Å². The zero-order valence-electron chi connectivity index (χ0n) is 14.0. The van der Waals surface area contributed by atoms with Crippen molar-refractivity contribution in [1.82, 2.24) is 8.87 Å². The molecule has 1 aliphatic heterocycles. The molecule has 4 nitrogen and oxygen atoms in total. The van der Waals surface area contributed by atoms with E-state index in [0.29, 0.717) is 11.7 Å². The van der Waals surface area contributed by atoms with Crippen molar-refractivity contribution in [3.8, 4) is 0 Å². The fourth-order valence-electron chi connectivity index (χ4n) is 4.84. The highest BCUT2D eigenvalue weighted by atomic mass is 35.5. The van der Waals surface area contributed by atoms with Crippen molar-refractivity contribution in [3.63, 3.8) is 0 Å². The lowest BCUT2D eigenvalue weighted by molar-refractivity contribution is 0.133. The molecule has 2 heterocycles. The Hall–Kier alpha value is -0.520. The van der Waals surface area contributed by atoms with E-state index in [9.17, 15) is 8.42 Å². The Bertz CT molecular complexity index is 723. The van der Waals surface area contributed by atoms with E-state index in [1.54, 1.807) is 22.1 Å². The minimum atomic E-state index is -3.54. The largest absolute Gasteiger partial charge is 0.340 e. The summed E-state index contributed by atoms with van der Waals surface area (Å²) in [6, 6.07) is 0.0921. The third-order valence-electron chi connectivity index (χ3n) is 5.18. The summed E-state index contributed by atoms with van der Waals surface area (Å²) in [6.45, 7) is 9.12. The third kappa shape index (κ3) is 2.42. The van der Waals surface area contributed by atoms with Crippen molar-refractivity contribution in [1.29, 1.82) is 0 Å². The summed E-state index contributed by atoms with van der Waals surface area (Å²) < 4.78 is 29.8. The molecular formula is C16H25ClN2O2S. The van der Waals surface area contributed by atoms with Crippen molar-refractivity contribution in [3.05, 3.63) is 16.9 Å². The Labute approximate surface area is 138 Å². The second kappa shape index (κ2) is 4.74. The van der Waals surface area contributed by atoms with Crippen LogP contribution >= 0.6 is 11.6 Å². The first kappa shape index (κ1) is 16.3. The summed E-state index contributed by atoms with van der Waals surface area (Å²) in [5.74, 6) is 0. The molecule has 2 unspecified atom stereocenters. The van der Waals surface area contributed by atoms with E-state index in [0.717, 1.165) is 24.8 Å². The number of aryl methyl sites for hydroxylation is 2. The molecule has 0 N–H and O–H groups in total. The van der Waals surface area contributed by atoms with Gasteiger partial charge < -0.3 is 4.57 Å². The fraction of sp³-hybridized carbons (Fsp3) is 0.750. The maximum Gasteiger partial charge on any atom is 0.246 e. The maximum absolute atomic E-state index is 13.2. The summed E-state index contributed by atoms with van der Waals surface area (Å²) in [7, 11) is -1.76. The van der Waals surface area contributed by atoms with Crippen LogP contribution in [0.2, 0.25) is 5.15 Å². The van der Waals surface area contributed by atoms with Crippen molar-refractivity contribution >= 4 is 21.6 Å². The van der Waals surface area contributed by atoms with E-state index in [1.165, 1.54) is 0 Å². The molecule has 2 atom stereocenters. The van der Waals surface area contributed by atoms with Crippen LogP contribution in [0.1, 0.15) is 45.6 Å². The van der Waals surface area contributed by atoms with Gasteiger partial charge in [0.15, 0.2) is 0 Å². The van der Waals surface area contributed by atoms with Gasteiger partial charge in [-0.25, -0.2) is 8.42 Å². The first-order chi connectivity index (χ1) is 9.95. The number of nitrogens with zero attached hydrogens (tertiary/aromatic N) is 2. The number of fused-ring (bicyclic) bond motifs is 2. The first-order valence-corrected chi connectivity index (χ1v) is 9.60. The van der Waals surface area contributed by atoms with Crippen molar-refractivity contribution in [2.45, 2.75) is 57.9 Å². The monoisotopic (exact) mass is 344 g/mol. The number of hydrogen-bond donors (Lipinski definition) is 0. The van der Waals surface area contributed by atoms with Crippen LogP contribution in [0, 0.1) is 17.8 Å². The van der Waals surface area contributed by atoms with E-state index in [-0.39, 0.29) is 21.8 Å². The quantitative estimate of drug-likeness (QED) is 0.823. The Kier molecular flexibility index (Phi) is 3.52. The van der Waals surface area contributed by atoms with Crippen LogP contribution < -0.4 is 0 Å². The predicted molar refractivity (Wildman–Crippen MR) is 88.6 cm³/mol. The van der Waals surface area contributed by atoms with Gasteiger partial charge in [-0.15, -0.1) is 0 Å². The molecule has 0 aromatic carbocycles. The summed E-state index contributed by atoms with van der Waals surface area (Å²) in [6.07, 6.45) is 4.73. The van der Waals surface area contributed by atoms with Gasteiger partial charge in [0, 0.05) is 25.8 Å². The normalized spacial score (nSPS) is 31.6. The summed E-state index contributed by atoms with van der Waals surface area (Å²) in [5, 5.41) is 0.309. The molecule has 0 radical (unpaired) electrons. The van der Waals surface area contributed by atoms with Gasteiger partial charge >= 0.3 is 0 Å². The highest BCUT2D eigenvalue weighted by Crippen LogP contribution is 2.54. The average Bonchev–Trinajstić information content (AvgIpc) is 2.72. The molecule has 1 saturated carbocycles. The van der Waals surface area contributed by atoms with Crippen LogP contribution in [0.3, 0.4) is 0 Å². The Balaban J connectivity index is 2.04. The van der Waals surface area contributed by atoms with Gasteiger partial charge in [-0.2, -0.15) is 4.31 Å². The minimum absolute atomic E-state index is 0.0780. The Morgan fingerprint density at radius 3 is 2.45 bits per heavy atom. The zero-order valence-corrected chi connectivity index (χ0v) is 15.6. The molecule has 3 rings (SSSR count). The van der Waals surface area contributed by atoms with Gasteiger partial charge in [0.1, 0.15) is 10.0 Å². The topological polar surface area (TPSA) is 42.3 Å². The van der Waals surface area contributed by atoms with Crippen molar-refractivity contribution in [2.24, 2.45) is 17.9 Å². The van der Waals surface area contributed by atoms with Crippen LogP contribution in [0.25, 0.3) is 0 Å². The molecule has 6 heteroatoms. The number of aromatic nitrogens is 1. The van der Waals surface area contributed by atoms with E-state index in [1.807, 2.05) is 6.92 Å². The smallest absolute Gasteiger partial charge is 0.246 e. The Morgan fingerprint density at radius 1 is 1.27 bits per heavy atom. The van der Waals surface area contributed by atoms with Crippen LogP contribution in [-0.2, 0) is 17.1 Å². The molecule has 1 aromatic heterocycles. The predicted octanol–water partition coefficient (Wildman–Crippen LogP) is 3.58. The minimum Gasteiger partial charge on any atom is -0.340 e. The number of rotatable bonds is 2. The van der Waals surface area contributed by atoms with Crippen molar-refractivity contribution < 1.29 is 8.42 Å². The van der Waals surface area contributed by atoms with Crippen LogP contribution in [0.15, 0.2) is 11.1 Å². The standard InChI is InChI=1S/C16H25ClN2O2S/c1-11-8-18(5)14(17)13(11)22(20,21)19-10-16(4)7-12(19)6-15(2,3)9-16/h8,12H,6-7,9-10H2,1-5H3. The molecule has 22 heavy (non-hydrogen) atoms. The first-order valence-electron chi connectivity index (χ1n) is 7.79. The molecule has 0 amide bonds. The van der Waals surface area contributed by atoms with Gasteiger partial charge in [0.2, 0.25) is 10.0 Å². The molecule has 2 bridgehead atoms. The zero-order chi connectivity index (χ0) is 16.5. The third-order valence-corrected chi connectivity index (χ3v) is 7.82. The average molecular weight is 345 g/mol.